The lowest BCUT2D eigenvalue weighted by atomic mass is 9.83. The van der Waals surface area contributed by atoms with Crippen molar-refractivity contribution in [2.75, 3.05) is 18.4 Å². The van der Waals surface area contributed by atoms with E-state index in [4.69, 9.17) is 11.6 Å². The molecule has 0 bridgehead atoms. The number of likely N-dealkylation sites (tertiary alicyclic amines) is 1. The molecule has 1 saturated heterocycles. The number of anilines is 1. The van der Waals surface area contributed by atoms with Crippen LogP contribution in [0.15, 0.2) is 24.3 Å². The summed E-state index contributed by atoms with van der Waals surface area (Å²) in [6, 6.07) is 6.99. The van der Waals surface area contributed by atoms with Crippen molar-refractivity contribution in [3.63, 3.8) is 0 Å². The van der Waals surface area contributed by atoms with Gasteiger partial charge in [-0.3, -0.25) is 9.59 Å². The molecule has 0 unspecified atom stereocenters. The van der Waals surface area contributed by atoms with E-state index in [-0.39, 0.29) is 23.7 Å². The lowest BCUT2D eigenvalue weighted by Crippen LogP contribution is -2.44. The van der Waals surface area contributed by atoms with E-state index in [9.17, 15) is 9.59 Å². The molecule has 2 amide bonds. The van der Waals surface area contributed by atoms with Crippen LogP contribution in [0.4, 0.5) is 5.69 Å². The first-order chi connectivity index (χ1) is 13.1. The average Bonchev–Trinajstić information content (AvgIpc) is 3.11. The van der Waals surface area contributed by atoms with E-state index in [0.717, 1.165) is 43.7 Å². The second-order valence-electron chi connectivity index (χ2n) is 7.16. The van der Waals surface area contributed by atoms with Crippen molar-refractivity contribution in [1.82, 2.24) is 15.1 Å². The Labute approximate surface area is 166 Å². The van der Waals surface area contributed by atoms with Gasteiger partial charge in [0, 0.05) is 35.6 Å². The van der Waals surface area contributed by atoms with Crippen LogP contribution in [-0.2, 0) is 4.79 Å². The summed E-state index contributed by atoms with van der Waals surface area (Å²) in [5.41, 5.74) is 0.624. The lowest BCUT2D eigenvalue weighted by molar-refractivity contribution is -0.139. The Morgan fingerprint density at radius 2 is 2.04 bits per heavy atom. The smallest absolute Gasteiger partial charge is 0.286 e. The summed E-state index contributed by atoms with van der Waals surface area (Å²) in [4.78, 5) is 26.9. The molecule has 0 radical (unpaired) electrons. The highest BCUT2D eigenvalue weighted by molar-refractivity contribution is 7.13. The number of benzene rings is 1. The fourth-order valence-corrected chi connectivity index (χ4v) is 4.59. The summed E-state index contributed by atoms with van der Waals surface area (Å²) in [6.45, 7) is 1.51. The van der Waals surface area contributed by atoms with E-state index in [2.05, 4.69) is 15.5 Å². The van der Waals surface area contributed by atoms with Crippen LogP contribution >= 0.6 is 22.9 Å². The van der Waals surface area contributed by atoms with E-state index in [1.807, 2.05) is 4.90 Å². The van der Waals surface area contributed by atoms with Crippen molar-refractivity contribution >= 4 is 40.4 Å². The maximum Gasteiger partial charge on any atom is 0.286 e. The molecule has 1 aromatic heterocycles. The van der Waals surface area contributed by atoms with Gasteiger partial charge in [0.1, 0.15) is 5.01 Å². The summed E-state index contributed by atoms with van der Waals surface area (Å²) in [7, 11) is 0. The highest BCUT2D eigenvalue weighted by Crippen LogP contribution is 2.33. The average molecular weight is 405 g/mol. The molecular weight excluding hydrogens is 384 g/mol. The number of carbonyl (C=O) groups is 2. The minimum Gasteiger partial charge on any atom is -0.342 e. The van der Waals surface area contributed by atoms with Gasteiger partial charge in [-0.1, -0.05) is 35.4 Å². The number of hydrogen-bond donors (Lipinski definition) is 1. The third-order valence-electron chi connectivity index (χ3n) is 5.25. The predicted octanol–water partition coefficient (Wildman–Crippen LogP) is 3.95. The monoisotopic (exact) mass is 404 g/mol. The third-order valence-corrected chi connectivity index (χ3v) is 6.57. The van der Waals surface area contributed by atoms with Crippen LogP contribution in [0.2, 0.25) is 5.02 Å². The first kappa shape index (κ1) is 18.4. The van der Waals surface area contributed by atoms with Crippen LogP contribution in [0.1, 0.15) is 52.8 Å². The highest BCUT2D eigenvalue weighted by Gasteiger charge is 2.33. The molecule has 2 aliphatic rings. The normalized spacial score (nSPS) is 20.2. The first-order valence-corrected chi connectivity index (χ1v) is 10.5. The zero-order chi connectivity index (χ0) is 18.8. The van der Waals surface area contributed by atoms with E-state index in [0.29, 0.717) is 22.3 Å². The van der Waals surface area contributed by atoms with Crippen LogP contribution in [0.3, 0.4) is 0 Å². The fourth-order valence-electron chi connectivity index (χ4n) is 3.53. The van der Waals surface area contributed by atoms with Gasteiger partial charge >= 0.3 is 0 Å². The van der Waals surface area contributed by atoms with E-state index in [1.165, 1.54) is 11.3 Å². The Morgan fingerprint density at radius 1 is 1.19 bits per heavy atom. The van der Waals surface area contributed by atoms with Gasteiger partial charge in [-0.25, -0.2) is 0 Å². The molecular formula is C19H21ClN4O2S. The molecule has 2 heterocycles. The molecule has 8 heteroatoms. The quantitative estimate of drug-likeness (QED) is 0.837. The van der Waals surface area contributed by atoms with E-state index < -0.39 is 0 Å². The summed E-state index contributed by atoms with van der Waals surface area (Å²) < 4.78 is 0. The van der Waals surface area contributed by atoms with Gasteiger partial charge in [0.2, 0.25) is 10.9 Å². The van der Waals surface area contributed by atoms with Crippen LogP contribution in [-0.4, -0.2) is 40.0 Å². The summed E-state index contributed by atoms with van der Waals surface area (Å²) in [5, 5.41) is 12.8. The van der Waals surface area contributed by atoms with Gasteiger partial charge in [0.25, 0.3) is 5.91 Å². The minimum absolute atomic E-state index is 0.160. The van der Waals surface area contributed by atoms with Gasteiger partial charge in [0.15, 0.2) is 0 Å². The number of piperidine rings is 1. The molecule has 142 valence electrons. The number of nitrogens with zero attached hydrogens (tertiary/aromatic N) is 3. The van der Waals surface area contributed by atoms with Crippen molar-refractivity contribution in [2.45, 2.75) is 38.0 Å². The van der Waals surface area contributed by atoms with Gasteiger partial charge in [-0.15, -0.1) is 10.2 Å². The Morgan fingerprint density at radius 3 is 2.78 bits per heavy atom. The van der Waals surface area contributed by atoms with Crippen molar-refractivity contribution in [3.05, 3.63) is 39.3 Å². The number of hydrogen-bond acceptors (Lipinski definition) is 5. The zero-order valence-electron chi connectivity index (χ0n) is 14.9. The zero-order valence-corrected chi connectivity index (χ0v) is 16.4. The Bertz CT molecular complexity index is 852. The maximum absolute atomic E-state index is 12.5. The molecule has 2 fully saturated rings. The molecule has 1 aliphatic heterocycles. The Balaban J connectivity index is 1.40. The molecule has 6 nitrogen and oxygen atoms in total. The Hall–Kier alpha value is -1.99. The molecule has 27 heavy (non-hydrogen) atoms. The van der Waals surface area contributed by atoms with Gasteiger partial charge in [-0.2, -0.15) is 0 Å². The van der Waals surface area contributed by atoms with Crippen LogP contribution < -0.4 is 5.32 Å². The van der Waals surface area contributed by atoms with Crippen LogP contribution in [0.5, 0.6) is 0 Å². The van der Waals surface area contributed by atoms with Crippen molar-refractivity contribution in [2.24, 2.45) is 5.92 Å². The second kappa shape index (κ2) is 7.94. The number of nitrogens with one attached hydrogen (secondary N) is 1. The van der Waals surface area contributed by atoms with Crippen LogP contribution in [0, 0.1) is 5.92 Å². The highest BCUT2D eigenvalue weighted by atomic mass is 35.5. The van der Waals surface area contributed by atoms with Gasteiger partial charge in [-0.05, 0) is 43.9 Å². The molecule has 1 aromatic carbocycles. The summed E-state index contributed by atoms with van der Waals surface area (Å²) >= 11 is 7.25. The maximum atomic E-state index is 12.5. The number of amides is 2. The SMILES string of the molecule is O=C(Nc1cccc(Cl)c1)c1nnc([C@@H]2CCCN(C(=O)C3CCC3)C2)s1. The van der Waals surface area contributed by atoms with Crippen LogP contribution in [0.25, 0.3) is 0 Å². The second-order valence-corrected chi connectivity index (χ2v) is 8.61. The molecule has 1 aliphatic carbocycles. The number of carbonyl (C=O) groups excluding carboxylic acids is 2. The summed E-state index contributed by atoms with van der Waals surface area (Å²) in [6.07, 6.45) is 5.14. The van der Waals surface area contributed by atoms with E-state index >= 15 is 0 Å². The number of halogens is 1. The topological polar surface area (TPSA) is 75.2 Å². The Kier molecular flexibility index (Phi) is 5.41. The van der Waals surface area contributed by atoms with E-state index in [1.54, 1.807) is 24.3 Å². The van der Waals surface area contributed by atoms with Crippen molar-refractivity contribution in [1.29, 1.82) is 0 Å². The molecule has 0 spiro atoms. The molecule has 1 N–H and O–H groups in total. The number of rotatable bonds is 4. The van der Waals surface area contributed by atoms with Gasteiger partial charge in [0.05, 0.1) is 0 Å². The largest absolute Gasteiger partial charge is 0.342 e. The molecule has 2 aromatic rings. The predicted molar refractivity (Wildman–Crippen MR) is 105 cm³/mol. The molecule has 1 saturated carbocycles. The fraction of sp³-hybridized carbons (Fsp3) is 0.474. The standard InChI is InChI=1S/C19H21ClN4O2S/c20-14-7-2-8-15(10-14)21-16(25)18-23-22-17(27-18)13-6-3-9-24(11-13)19(26)12-4-1-5-12/h2,7-8,10,12-13H,1,3-6,9,11H2,(H,21,25)/t13-/m1/s1. The minimum atomic E-state index is -0.292. The lowest BCUT2D eigenvalue weighted by Gasteiger charge is -2.36. The van der Waals surface area contributed by atoms with Crippen molar-refractivity contribution in [3.8, 4) is 0 Å². The summed E-state index contributed by atoms with van der Waals surface area (Å²) in [5.74, 6) is 0.374. The third kappa shape index (κ3) is 4.14. The van der Waals surface area contributed by atoms with Gasteiger partial charge < -0.3 is 10.2 Å². The molecule has 4 rings (SSSR count). The molecule has 1 atom stereocenters. The first-order valence-electron chi connectivity index (χ1n) is 9.29. The number of aromatic nitrogens is 2. The van der Waals surface area contributed by atoms with Crippen molar-refractivity contribution < 1.29 is 9.59 Å².